The van der Waals surface area contributed by atoms with Gasteiger partial charge in [0.25, 0.3) is 10.0 Å². The van der Waals surface area contributed by atoms with Crippen LogP contribution in [0, 0.1) is 27.7 Å². The van der Waals surface area contributed by atoms with Crippen molar-refractivity contribution in [3.8, 4) is 21.8 Å². The smallest absolute Gasteiger partial charge is 0.252 e. The first-order valence-electron chi connectivity index (χ1n) is 13.3. The number of aryl methyl sites for hydroxylation is 3. The maximum atomic E-state index is 13.4. The predicted molar refractivity (Wildman–Crippen MR) is 160 cm³/mol. The number of hydrogen-bond donors (Lipinski definition) is 1. The highest BCUT2D eigenvalue weighted by molar-refractivity contribution is 7.91. The van der Waals surface area contributed by atoms with Crippen molar-refractivity contribution in [1.29, 1.82) is 0 Å². The van der Waals surface area contributed by atoms with E-state index in [1.54, 1.807) is 34.1 Å². The van der Waals surface area contributed by atoms with Crippen molar-refractivity contribution in [2.24, 2.45) is 0 Å². The quantitative estimate of drug-likeness (QED) is 0.252. The Morgan fingerprint density at radius 3 is 2.46 bits per heavy atom. The van der Waals surface area contributed by atoms with E-state index in [2.05, 4.69) is 42.8 Å². The normalized spacial score (nSPS) is 16.0. The minimum absolute atomic E-state index is 0.0920. The lowest BCUT2D eigenvalue weighted by Crippen LogP contribution is -2.50. The molecule has 1 aliphatic rings. The summed E-state index contributed by atoms with van der Waals surface area (Å²) in [5.74, 6) is 2.19. The maximum Gasteiger partial charge on any atom is 0.252 e. The number of thiophene rings is 2. The summed E-state index contributed by atoms with van der Waals surface area (Å²) in [4.78, 5) is 12.1. The summed E-state index contributed by atoms with van der Waals surface area (Å²) in [7, 11) is -3.58. The van der Waals surface area contributed by atoms with E-state index in [9.17, 15) is 8.42 Å². The Bertz CT molecular complexity index is 1790. The number of fused-ring (bicyclic) bond motifs is 1. The van der Waals surface area contributed by atoms with Gasteiger partial charge >= 0.3 is 0 Å². The van der Waals surface area contributed by atoms with Crippen LogP contribution < -0.4 is 5.32 Å². The molecule has 1 N–H and O–H groups in total. The van der Waals surface area contributed by atoms with Gasteiger partial charge in [-0.2, -0.15) is 4.31 Å². The van der Waals surface area contributed by atoms with Gasteiger partial charge in [0.15, 0.2) is 5.76 Å². The highest BCUT2D eigenvalue weighted by Crippen LogP contribution is 2.39. The lowest BCUT2D eigenvalue weighted by molar-refractivity contribution is 0.184. The number of sulfonamides is 1. The zero-order valence-corrected chi connectivity index (χ0v) is 25.9. The zero-order chi connectivity index (χ0) is 28.9. The second kappa shape index (κ2) is 10.9. The van der Waals surface area contributed by atoms with E-state index in [-0.39, 0.29) is 6.04 Å². The second-order valence-electron chi connectivity index (χ2n) is 10.3. The zero-order valence-electron chi connectivity index (χ0n) is 23.5. The Morgan fingerprint density at radius 1 is 1.02 bits per heavy atom. The van der Waals surface area contributed by atoms with Crippen LogP contribution in [-0.2, 0) is 10.0 Å². The fraction of sp³-hybridized carbons (Fsp3) is 0.407. The van der Waals surface area contributed by atoms with Gasteiger partial charge in [-0.1, -0.05) is 10.3 Å². The molecule has 0 unspecified atom stereocenters. The first kappa shape index (κ1) is 28.0. The van der Waals surface area contributed by atoms with Gasteiger partial charge in [0, 0.05) is 55.3 Å². The van der Waals surface area contributed by atoms with Gasteiger partial charge < -0.3 is 14.4 Å². The molecule has 0 amide bonds. The molecule has 5 aromatic rings. The van der Waals surface area contributed by atoms with Crippen LogP contribution >= 0.6 is 22.7 Å². The Labute approximate surface area is 246 Å². The second-order valence-corrected chi connectivity index (χ2v) is 14.5. The first-order valence-corrected chi connectivity index (χ1v) is 16.4. The summed E-state index contributed by atoms with van der Waals surface area (Å²) in [6.07, 6.45) is 1.58. The summed E-state index contributed by atoms with van der Waals surface area (Å²) in [6.45, 7) is 12.7. The number of nitrogens with zero attached hydrogens (tertiary/aromatic N) is 6. The number of aromatic nitrogens is 4. The van der Waals surface area contributed by atoms with E-state index >= 15 is 0 Å². The summed E-state index contributed by atoms with van der Waals surface area (Å²) < 4.78 is 40.4. The van der Waals surface area contributed by atoms with Crippen molar-refractivity contribution in [1.82, 2.24) is 29.5 Å². The number of hydrogen-bond acceptors (Lipinski definition) is 12. The lowest BCUT2D eigenvalue weighted by atomic mass is 10.1. The molecule has 5 aromatic heterocycles. The molecule has 1 fully saturated rings. The summed E-state index contributed by atoms with van der Waals surface area (Å²) in [5, 5.41) is 13.7. The summed E-state index contributed by atoms with van der Waals surface area (Å²) in [6, 6.07) is 3.55. The van der Waals surface area contributed by atoms with Gasteiger partial charge in [-0.15, -0.1) is 22.7 Å². The van der Waals surface area contributed by atoms with E-state index in [0.717, 1.165) is 61.3 Å². The SMILES string of the molecule is Cc1noc(-c2ccc(S(=O)(=O)N3CCN(C[C@H](C)Nc4ncnc5c(-c6c(C)noc6C)csc45)CC3)s2)c1C. The lowest BCUT2D eigenvalue weighted by Gasteiger charge is -2.35. The van der Waals surface area contributed by atoms with E-state index in [1.165, 1.54) is 11.3 Å². The van der Waals surface area contributed by atoms with E-state index in [4.69, 9.17) is 9.05 Å². The Morgan fingerprint density at radius 2 is 1.78 bits per heavy atom. The minimum atomic E-state index is -3.58. The van der Waals surface area contributed by atoms with Crippen molar-refractivity contribution in [2.45, 2.75) is 44.9 Å². The highest BCUT2D eigenvalue weighted by atomic mass is 32.2. The Hall–Kier alpha value is -3.17. The Kier molecular flexibility index (Phi) is 7.44. The van der Waals surface area contributed by atoms with Gasteiger partial charge in [0.05, 0.1) is 32.0 Å². The molecule has 1 aliphatic heterocycles. The predicted octanol–water partition coefficient (Wildman–Crippen LogP) is 5.10. The molecule has 0 bridgehead atoms. The van der Waals surface area contributed by atoms with Gasteiger partial charge in [-0.25, -0.2) is 18.4 Å². The van der Waals surface area contributed by atoms with Crippen molar-refractivity contribution in [2.75, 3.05) is 38.0 Å². The van der Waals surface area contributed by atoms with Crippen LogP contribution in [0.5, 0.6) is 0 Å². The van der Waals surface area contributed by atoms with E-state index in [1.807, 2.05) is 27.7 Å². The van der Waals surface area contributed by atoms with Crippen LogP contribution in [0.4, 0.5) is 5.82 Å². The molecule has 1 atom stereocenters. The largest absolute Gasteiger partial charge is 0.365 e. The van der Waals surface area contributed by atoms with E-state index in [0.29, 0.717) is 36.1 Å². The maximum absolute atomic E-state index is 13.4. The summed E-state index contributed by atoms with van der Waals surface area (Å²) in [5.41, 5.74) is 5.42. The van der Waals surface area contributed by atoms with Gasteiger partial charge in [0.2, 0.25) is 0 Å². The fourth-order valence-corrected chi connectivity index (χ4v) is 9.05. The third-order valence-corrected chi connectivity index (χ3v) is 11.9. The van der Waals surface area contributed by atoms with Crippen LogP contribution in [0.3, 0.4) is 0 Å². The molecular formula is C27H31N7O4S3. The molecule has 216 valence electrons. The molecular weight excluding hydrogens is 583 g/mol. The van der Waals surface area contributed by atoms with Crippen LogP contribution in [-0.4, -0.2) is 76.7 Å². The molecule has 11 nitrogen and oxygen atoms in total. The highest BCUT2D eigenvalue weighted by Gasteiger charge is 2.31. The molecule has 6 heterocycles. The van der Waals surface area contributed by atoms with Crippen LogP contribution in [0.2, 0.25) is 0 Å². The van der Waals surface area contributed by atoms with Crippen molar-refractivity contribution in [3.63, 3.8) is 0 Å². The molecule has 0 aliphatic carbocycles. The monoisotopic (exact) mass is 613 g/mol. The minimum Gasteiger partial charge on any atom is -0.365 e. The average Bonchev–Trinajstić information content (AvgIpc) is 3.73. The molecule has 0 saturated carbocycles. The standard InChI is InChI=1S/C27H31N7O4S3/c1-15(30-27-26-24(28-14-29-27)20(13-39-26)23-18(4)32-37-19(23)5)12-33-8-10-34(11-9-33)41(35,36)22-7-6-21(40-22)25-16(2)17(3)31-38-25/h6-7,13-15H,8-12H2,1-5H3,(H,28,29,30)/t15-/m0/s1. The average molecular weight is 614 g/mol. The molecule has 6 rings (SSSR count). The molecule has 41 heavy (non-hydrogen) atoms. The Balaban J connectivity index is 1.09. The molecule has 0 spiro atoms. The van der Waals surface area contributed by atoms with Crippen molar-refractivity contribution < 1.29 is 17.5 Å². The van der Waals surface area contributed by atoms with Crippen LogP contribution in [0.15, 0.2) is 37.1 Å². The number of anilines is 1. The molecule has 14 heteroatoms. The van der Waals surface area contributed by atoms with Gasteiger partial charge in [-0.3, -0.25) is 4.90 Å². The van der Waals surface area contributed by atoms with E-state index < -0.39 is 10.0 Å². The number of rotatable bonds is 8. The van der Waals surface area contributed by atoms with Gasteiger partial charge in [0.1, 0.15) is 22.1 Å². The molecule has 0 radical (unpaired) electrons. The first-order chi connectivity index (χ1) is 19.6. The van der Waals surface area contributed by atoms with Crippen molar-refractivity contribution in [3.05, 3.63) is 46.6 Å². The molecule has 0 aromatic carbocycles. The topological polar surface area (TPSA) is 130 Å². The van der Waals surface area contributed by atoms with Gasteiger partial charge in [-0.05, 0) is 46.8 Å². The van der Waals surface area contributed by atoms with Crippen molar-refractivity contribution >= 4 is 48.7 Å². The third-order valence-electron chi connectivity index (χ3n) is 7.46. The third kappa shape index (κ3) is 5.18. The van der Waals surface area contributed by atoms with Crippen LogP contribution in [0.1, 0.15) is 29.6 Å². The number of piperazine rings is 1. The van der Waals surface area contributed by atoms with Crippen LogP contribution in [0.25, 0.3) is 32.0 Å². The number of nitrogens with one attached hydrogen (secondary N) is 1. The molecule has 1 saturated heterocycles. The fourth-order valence-electron chi connectivity index (χ4n) is 5.17. The summed E-state index contributed by atoms with van der Waals surface area (Å²) >= 11 is 2.82.